The fourth-order valence-corrected chi connectivity index (χ4v) is 3.83. The maximum Gasteiger partial charge on any atom is 0.274 e. The molecular formula is C21H22N6O. The number of para-hydroxylation sites is 2. The number of carbonyl (C=O) groups excluding carboxylic acids is 1. The lowest BCUT2D eigenvalue weighted by molar-refractivity contribution is 0.0762. The number of pyridine rings is 1. The van der Waals surface area contributed by atoms with E-state index in [1.807, 2.05) is 64.9 Å². The van der Waals surface area contributed by atoms with Gasteiger partial charge in [0.2, 0.25) is 5.95 Å². The van der Waals surface area contributed by atoms with Crippen LogP contribution < -0.4 is 4.90 Å². The molecule has 0 spiro atoms. The topological polar surface area (TPSA) is 69.5 Å². The van der Waals surface area contributed by atoms with Gasteiger partial charge in [-0.05, 0) is 37.6 Å². The van der Waals surface area contributed by atoms with E-state index >= 15 is 0 Å². The SMILES string of the molecule is Cc1cccc2nc(C(=O)N3CCCN(c4nc5ccccc5[nH]4)CC3)cn12. The molecule has 28 heavy (non-hydrogen) atoms. The molecular weight excluding hydrogens is 352 g/mol. The summed E-state index contributed by atoms with van der Waals surface area (Å²) in [5.74, 6) is 0.869. The number of imidazole rings is 2. The summed E-state index contributed by atoms with van der Waals surface area (Å²) in [4.78, 5) is 29.8. The Morgan fingerprint density at radius 3 is 2.75 bits per heavy atom. The third-order valence-corrected chi connectivity index (χ3v) is 5.37. The zero-order chi connectivity index (χ0) is 19.1. The van der Waals surface area contributed by atoms with Crippen LogP contribution in [0.1, 0.15) is 22.6 Å². The summed E-state index contributed by atoms with van der Waals surface area (Å²) in [5, 5.41) is 0. The molecule has 1 aliphatic rings. The minimum absolute atomic E-state index is 0.00504. The Kier molecular flexibility index (Phi) is 4.00. The van der Waals surface area contributed by atoms with Gasteiger partial charge in [-0.2, -0.15) is 0 Å². The number of hydrogen-bond donors (Lipinski definition) is 1. The Balaban J connectivity index is 1.34. The molecule has 0 saturated carbocycles. The molecule has 3 aromatic heterocycles. The van der Waals surface area contributed by atoms with Crippen molar-refractivity contribution in [2.75, 3.05) is 31.1 Å². The van der Waals surface area contributed by atoms with Crippen molar-refractivity contribution in [3.05, 3.63) is 60.0 Å². The third kappa shape index (κ3) is 2.89. The number of nitrogens with zero attached hydrogens (tertiary/aromatic N) is 5. The zero-order valence-corrected chi connectivity index (χ0v) is 15.8. The summed E-state index contributed by atoms with van der Waals surface area (Å²) in [6, 6.07) is 13.9. The monoisotopic (exact) mass is 374 g/mol. The smallest absolute Gasteiger partial charge is 0.274 e. The van der Waals surface area contributed by atoms with Crippen molar-refractivity contribution in [2.24, 2.45) is 0 Å². The van der Waals surface area contributed by atoms with Gasteiger partial charge >= 0.3 is 0 Å². The highest BCUT2D eigenvalue weighted by atomic mass is 16.2. The van der Waals surface area contributed by atoms with E-state index in [1.54, 1.807) is 0 Å². The molecule has 7 heteroatoms. The van der Waals surface area contributed by atoms with Crippen LogP contribution in [0.15, 0.2) is 48.7 Å². The molecule has 142 valence electrons. The molecule has 4 heterocycles. The van der Waals surface area contributed by atoms with Crippen molar-refractivity contribution in [3.8, 4) is 0 Å². The van der Waals surface area contributed by atoms with Crippen molar-refractivity contribution in [2.45, 2.75) is 13.3 Å². The first-order valence-electron chi connectivity index (χ1n) is 9.63. The van der Waals surface area contributed by atoms with Crippen molar-refractivity contribution >= 4 is 28.5 Å². The molecule has 0 radical (unpaired) electrons. The third-order valence-electron chi connectivity index (χ3n) is 5.37. The molecule has 0 atom stereocenters. The van der Waals surface area contributed by atoms with Gasteiger partial charge in [-0.3, -0.25) is 4.79 Å². The van der Waals surface area contributed by atoms with Crippen LogP contribution in [0.25, 0.3) is 16.7 Å². The zero-order valence-electron chi connectivity index (χ0n) is 15.8. The number of anilines is 1. The second-order valence-electron chi connectivity index (χ2n) is 7.23. The number of carbonyl (C=O) groups is 1. The van der Waals surface area contributed by atoms with E-state index in [0.717, 1.165) is 54.4 Å². The second-order valence-corrected chi connectivity index (χ2v) is 7.23. The van der Waals surface area contributed by atoms with Gasteiger partial charge in [-0.15, -0.1) is 0 Å². The highest BCUT2D eigenvalue weighted by molar-refractivity contribution is 5.93. The molecule has 4 aromatic rings. The summed E-state index contributed by atoms with van der Waals surface area (Å²) in [6.45, 7) is 5.01. The van der Waals surface area contributed by atoms with Crippen molar-refractivity contribution in [1.82, 2.24) is 24.3 Å². The lowest BCUT2D eigenvalue weighted by Crippen LogP contribution is -2.35. The normalized spacial score (nSPS) is 15.3. The molecule has 1 N–H and O–H groups in total. The number of fused-ring (bicyclic) bond motifs is 2. The van der Waals surface area contributed by atoms with E-state index in [4.69, 9.17) is 4.98 Å². The molecule has 0 aliphatic carbocycles. The lowest BCUT2D eigenvalue weighted by Gasteiger charge is -2.21. The van der Waals surface area contributed by atoms with Crippen LogP contribution in [-0.4, -0.2) is 56.3 Å². The molecule has 0 unspecified atom stereocenters. The molecule has 1 aliphatic heterocycles. The Bertz CT molecular complexity index is 1130. The van der Waals surface area contributed by atoms with Gasteiger partial charge in [0.05, 0.1) is 11.0 Å². The first-order valence-corrected chi connectivity index (χ1v) is 9.63. The van der Waals surface area contributed by atoms with Crippen LogP contribution in [0.4, 0.5) is 5.95 Å². The van der Waals surface area contributed by atoms with Crippen LogP contribution >= 0.6 is 0 Å². The Hall–Kier alpha value is -3.35. The van der Waals surface area contributed by atoms with Gasteiger partial charge in [0.1, 0.15) is 11.3 Å². The van der Waals surface area contributed by atoms with Crippen LogP contribution in [0, 0.1) is 6.92 Å². The van der Waals surface area contributed by atoms with Crippen LogP contribution in [0.3, 0.4) is 0 Å². The summed E-state index contributed by atoms with van der Waals surface area (Å²) in [7, 11) is 0. The van der Waals surface area contributed by atoms with E-state index in [1.165, 1.54) is 0 Å². The fourth-order valence-electron chi connectivity index (χ4n) is 3.83. The largest absolute Gasteiger partial charge is 0.341 e. The number of rotatable bonds is 2. The quantitative estimate of drug-likeness (QED) is 0.586. The highest BCUT2D eigenvalue weighted by Gasteiger charge is 2.23. The standard InChI is InChI=1S/C21H22N6O/c1-15-6-4-9-19-22-18(14-27(15)19)20(28)25-10-5-11-26(13-12-25)21-23-16-7-2-3-8-17(16)24-21/h2-4,6-9,14H,5,10-13H2,1H3,(H,23,24). The van der Waals surface area contributed by atoms with E-state index in [0.29, 0.717) is 12.2 Å². The van der Waals surface area contributed by atoms with Gasteiger partial charge in [0.25, 0.3) is 5.91 Å². The number of nitrogens with one attached hydrogen (secondary N) is 1. The molecule has 5 rings (SSSR count). The number of hydrogen-bond acceptors (Lipinski definition) is 4. The lowest BCUT2D eigenvalue weighted by atomic mass is 10.3. The minimum Gasteiger partial charge on any atom is -0.341 e. The molecule has 0 bridgehead atoms. The molecule has 7 nitrogen and oxygen atoms in total. The number of aromatic nitrogens is 4. The maximum absolute atomic E-state index is 13.0. The van der Waals surface area contributed by atoms with E-state index < -0.39 is 0 Å². The van der Waals surface area contributed by atoms with Crippen LogP contribution in [-0.2, 0) is 0 Å². The second kappa shape index (κ2) is 6.67. The first-order chi connectivity index (χ1) is 13.7. The Morgan fingerprint density at radius 2 is 1.89 bits per heavy atom. The van der Waals surface area contributed by atoms with E-state index in [-0.39, 0.29) is 5.91 Å². The number of aromatic amines is 1. The fraction of sp³-hybridized carbons (Fsp3) is 0.286. The van der Waals surface area contributed by atoms with Crippen molar-refractivity contribution < 1.29 is 4.79 Å². The average molecular weight is 374 g/mol. The summed E-state index contributed by atoms with van der Waals surface area (Å²) in [6.07, 6.45) is 2.74. The van der Waals surface area contributed by atoms with Crippen molar-refractivity contribution in [3.63, 3.8) is 0 Å². The summed E-state index contributed by atoms with van der Waals surface area (Å²) in [5.41, 5.74) is 4.38. The Morgan fingerprint density at radius 1 is 1.00 bits per heavy atom. The predicted molar refractivity (Wildman–Crippen MR) is 109 cm³/mol. The molecule has 1 saturated heterocycles. The predicted octanol–water partition coefficient (Wildman–Crippen LogP) is 2.87. The summed E-state index contributed by atoms with van der Waals surface area (Å²) >= 11 is 0. The van der Waals surface area contributed by atoms with Gasteiger partial charge in [-0.1, -0.05) is 18.2 Å². The number of aryl methyl sites for hydroxylation is 1. The van der Waals surface area contributed by atoms with Crippen LogP contribution in [0.2, 0.25) is 0 Å². The highest BCUT2D eigenvalue weighted by Crippen LogP contribution is 2.19. The number of benzene rings is 1. The minimum atomic E-state index is -0.00504. The van der Waals surface area contributed by atoms with E-state index in [9.17, 15) is 4.79 Å². The van der Waals surface area contributed by atoms with Gasteiger partial charge in [0.15, 0.2) is 0 Å². The van der Waals surface area contributed by atoms with Crippen molar-refractivity contribution in [1.29, 1.82) is 0 Å². The van der Waals surface area contributed by atoms with Gasteiger partial charge < -0.3 is 19.2 Å². The van der Waals surface area contributed by atoms with Gasteiger partial charge in [0, 0.05) is 38.1 Å². The maximum atomic E-state index is 13.0. The van der Waals surface area contributed by atoms with E-state index in [2.05, 4.69) is 14.9 Å². The molecule has 1 amide bonds. The first kappa shape index (κ1) is 16.8. The number of amides is 1. The molecule has 1 fully saturated rings. The van der Waals surface area contributed by atoms with Gasteiger partial charge in [-0.25, -0.2) is 9.97 Å². The van der Waals surface area contributed by atoms with Crippen LogP contribution in [0.5, 0.6) is 0 Å². The molecule has 1 aromatic carbocycles. The number of H-pyrrole nitrogens is 1. The average Bonchev–Trinajstić information content (AvgIpc) is 3.26. The summed E-state index contributed by atoms with van der Waals surface area (Å²) < 4.78 is 1.96. The Labute approximate surface area is 162 Å².